The second-order valence-electron chi connectivity index (χ2n) is 7.47. The number of benzene rings is 3. The monoisotopic (exact) mass is 459 g/mol. The Morgan fingerprint density at radius 2 is 1.41 bits per heavy atom. The van der Waals surface area contributed by atoms with Crippen molar-refractivity contribution in [1.82, 2.24) is 0 Å². The van der Waals surface area contributed by atoms with Crippen LogP contribution in [0.25, 0.3) is 5.76 Å². The molecule has 1 saturated heterocycles. The number of aliphatic hydroxyl groups excluding tert-OH is 1. The molecule has 0 aliphatic carbocycles. The average Bonchev–Trinajstić information content (AvgIpc) is 3.09. The van der Waals surface area contributed by atoms with E-state index in [1.807, 2.05) is 0 Å². The van der Waals surface area contributed by atoms with Crippen molar-refractivity contribution in [2.45, 2.75) is 6.04 Å². The van der Waals surface area contributed by atoms with Crippen molar-refractivity contribution in [2.24, 2.45) is 0 Å². The fraction of sp³-hybridized carbons (Fsp3) is 0.0400. The van der Waals surface area contributed by atoms with E-state index in [0.29, 0.717) is 5.56 Å². The summed E-state index contributed by atoms with van der Waals surface area (Å²) in [5.74, 6) is -5.59. The van der Waals surface area contributed by atoms with Gasteiger partial charge in [-0.25, -0.2) is 9.59 Å². The fourth-order valence-corrected chi connectivity index (χ4v) is 3.82. The molecule has 1 unspecified atom stereocenters. The Kier molecular flexibility index (Phi) is 5.60. The number of anilines is 1. The summed E-state index contributed by atoms with van der Waals surface area (Å²) >= 11 is 0. The Hall–Kier alpha value is -4.92. The quantitative estimate of drug-likeness (QED) is 0.257. The molecule has 4 rings (SSSR count). The Balaban J connectivity index is 1.94. The highest BCUT2D eigenvalue weighted by atomic mass is 16.4. The lowest BCUT2D eigenvalue weighted by Gasteiger charge is -2.26. The van der Waals surface area contributed by atoms with Crippen molar-refractivity contribution in [3.05, 3.63) is 101 Å². The molecule has 9 heteroatoms. The lowest BCUT2D eigenvalue weighted by molar-refractivity contribution is -0.132. The zero-order valence-corrected chi connectivity index (χ0v) is 17.4. The summed E-state index contributed by atoms with van der Waals surface area (Å²) < 4.78 is 0. The number of Topliss-reactive ketones (excluding diaryl/α,β-unsaturated/α-hetero) is 1. The lowest BCUT2D eigenvalue weighted by atomic mass is 9.94. The van der Waals surface area contributed by atoms with E-state index in [1.165, 1.54) is 30.3 Å². The molecule has 1 aliphatic rings. The van der Waals surface area contributed by atoms with Crippen molar-refractivity contribution in [2.75, 3.05) is 4.90 Å². The van der Waals surface area contributed by atoms with Gasteiger partial charge in [-0.05, 0) is 29.8 Å². The van der Waals surface area contributed by atoms with Crippen molar-refractivity contribution in [1.29, 1.82) is 0 Å². The van der Waals surface area contributed by atoms with Gasteiger partial charge in [-0.15, -0.1) is 0 Å². The van der Waals surface area contributed by atoms with Crippen LogP contribution in [0.1, 0.15) is 37.9 Å². The summed E-state index contributed by atoms with van der Waals surface area (Å²) in [5.41, 5.74) is -0.0236. The molecule has 1 amide bonds. The number of carbonyl (C=O) groups excluding carboxylic acids is 2. The summed E-state index contributed by atoms with van der Waals surface area (Å²) in [4.78, 5) is 49.7. The van der Waals surface area contributed by atoms with E-state index in [9.17, 15) is 39.6 Å². The molecule has 170 valence electrons. The van der Waals surface area contributed by atoms with E-state index in [2.05, 4.69) is 0 Å². The minimum atomic E-state index is -1.38. The highest BCUT2D eigenvalue weighted by molar-refractivity contribution is 6.51. The number of aromatic carboxylic acids is 2. The molecule has 3 aromatic carbocycles. The Labute approximate surface area is 192 Å². The van der Waals surface area contributed by atoms with Gasteiger partial charge in [-0.2, -0.15) is 0 Å². The lowest BCUT2D eigenvalue weighted by Crippen LogP contribution is -2.29. The van der Waals surface area contributed by atoms with Gasteiger partial charge in [0.15, 0.2) is 0 Å². The van der Waals surface area contributed by atoms with Gasteiger partial charge in [0.2, 0.25) is 0 Å². The third kappa shape index (κ3) is 3.75. The van der Waals surface area contributed by atoms with Gasteiger partial charge in [0, 0.05) is 17.3 Å². The van der Waals surface area contributed by atoms with Crippen LogP contribution in [0.15, 0.2) is 78.4 Å². The molecule has 0 aromatic heterocycles. The van der Waals surface area contributed by atoms with E-state index in [0.717, 1.165) is 17.0 Å². The number of carbonyl (C=O) groups is 4. The first-order chi connectivity index (χ1) is 16.2. The maximum absolute atomic E-state index is 13.1. The van der Waals surface area contributed by atoms with Crippen LogP contribution in [0.4, 0.5) is 5.69 Å². The second-order valence-corrected chi connectivity index (χ2v) is 7.47. The Morgan fingerprint density at radius 3 is 1.97 bits per heavy atom. The van der Waals surface area contributed by atoms with Crippen molar-refractivity contribution >= 4 is 35.1 Å². The molecule has 0 bridgehead atoms. The molecule has 1 aliphatic heterocycles. The number of rotatable bonds is 5. The maximum Gasteiger partial charge on any atom is 0.339 e. The summed E-state index contributed by atoms with van der Waals surface area (Å²) in [6.45, 7) is 0. The number of carboxylic acid groups (broad SMARTS) is 2. The van der Waals surface area contributed by atoms with Crippen molar-refractivity contribution in [3.8, 4) is 5.75 Å². The van der Waals surface area contributed by atoms with E-state index in [1.54, 1.807) is 30.3 Å². The molecular weight excluding hydrogens is 442 g/mol. The Morgan fingerprint density at radius 1 is 0.765 bits per heavy atom. The van der Waals surface area contributed by atoms with Crippen LogP contribution < -0.4 is 4.90 Å². The van der Waals surface area contributed by atoms with Crippen LogP contribution in [0.5, 0.6) is 5.75 Å². The number of phenols is 1. The van der Waals surface area contributed by atoms with E-state index < -0.39 is 46.7 Å². The smallest absolute Gasteiger partial charge is 0.339 e. The number of ketones is 1. The molecule has 1 fully saturated rings. The van der Waals surface area contributed by atoms with E-state index >= 15 is 0 Å². The summed E-state index contributed by atoms with van der Waals surface area (Å²) in [6, 6.07) is 15.8. The minimum absolute atomic E-state index is 0.0176. The molecule has 4 N–H and O–H groups in total. The number of hydrogen-bond donors (Lipinski definition) is 4. The van der Waals surface area contributed by atoms with Gasteiger partial charge in [0.1, 0.15) is 17.1 Å². The van der Waals surface area contributed by atoms with E-state index in [-0.39, 0.29) is 22.4 Å². The first-order valence-electron chi connectivity index (χ1n) is 9.96. The van der Waals surface area contributed by atoms with Crippen LogP contribution in [-0.2, 0) is 9.59 Å². The standard InChI is InChI=1S/C25H17NO8/c27-18-12-16(10-11-17(18)25(33)34)26-20(13-6-8-15(9-7-13)24(31)32)19(22(29)23(26)30)21(28)14-4-2-1-3-5-14/h1-12,20,27-28H,(H,31,32)(H,33,34)/b21-19+. The van der Waals surface area contributed by atoms with Crippen LogP contribution in [-0.4, -0.2) is 44.1 Å². The number of hydrogen-bond acceptors (Lipinski definition) is 6. The minimum Gasteiger partial charge on any atom is -0.507 e. The molecule has 1 atom stereocenters. The van der Waals surface area contributed by atoms with Gasteiger partial charge >= 0.3 is 11.9 Å². The number of nitrogens with zero attached hydrogens (tertiary/aromatic N) is 1. The number of amides is 1. The third-order valence-corrected chi connectivity index (χ3v) is 5.45. The molecule has 0 radical (unpaired) electrons. The SMILES string of the molecule is O=C1C(=O)N(c2ccc(C(=O)O)c(O)c2)C(c2ccc(C(=O)O)cc2)/C1=C(\O)c1ccccc1. The molecule has 0 saturated carbocycles. The van der Waals surface area contributed by atoms with Gasteiger partial charge in [-0.3, -0.25) is 14.5 Å². The van der Waals surface area contributed by atoms with Crippen LogP contribution in [0.3, 0.4) is 0 Å². The number of aromatic hydroxyl groups is 1. The van der Waals surface area contributed by atoms with Gasteiger partial charge in [-0.1, -0.05) is 42.5 Å². The first kappa shape index (κ1) is 22.3. The number of carboxylic acids is 2. The van der Waals surface area contributed by atoms with Crippen LogP contribution in [0, 0.1) is 0 Å². The van der Waals surface area contributed by atoms with Gasteiger partial charge in [0.25, 0.3) is 11.7 Å². The van der Waals surface area contributed by atoms with E-state index in [4.69, 9.17) is 0 Å². The van der Waals surface area contributed by atoms with Gasteiger partial charge < -0.3 is 20.4 Å². The fourth-order valence-electron chi connectivity index (χ4n) is 3.82. The molecule has 1 heterocycles. The van der Waals surface area contributed by atoms with Crippen molar-refractivity contribution in [3.63, 3.8) is 0 Å². The first-order valence-corrected chi connectivity index (χ1v) is 9.96. The van der Waals surface area contributed by atoms with Crippen molar-refractivity contribution < 1.29 is 39.6 Å². The zero-order valence-electron chi connectivity index (χ0n) is 17.4. The highest BCUT2D eigenvalue weighted by Gasteiger charge is 2.47. The second kappa shape index (κ2) is 8.55. The highest BCUT2D eigenvalue weighted by Crippen LogP contribution is 2.43. The number of aliphatic hydroxyl groups is 1. The molecule has 0 spiro atoms. The molecular formula is C25H17NO8. The summed E-state index contributed by atoms with van der Waals surface area (Å²) in [6.07, 6.45) is 0. The predicted octanol–water partition coefficient (Wildman–Crippen LogP) is 3.41. The topological polar surface area (TPSA) is 152 Å². The zero-order chi connectivity index (χ0) is 24.6. The summed E-state index contributed by atoms with van der Waals surface area (Å²) in [7, 11) is 0. The largest absolute Gasteiger partial charge is 0.507 e. The molecule has 9 nitrogen and oxygen atoms in total. The van der Waals surface area contributed by atoms with Gasteiger partial charge in [0.05, 0.1) is 17.2 Å². The average molecular weight is 459 g/mol. The molecule has 3 aromatic rings. The van der Waals surface area contributed by atoms with Crippen LogP contribution >= 0.6 is 0 Å². The summed E-state index contributed by atoms with van der Waals surface area (Å²) in [5, 5.41) is 39.5. The Bertz CT molecular complexity index is 1360. The predicted molar refractivity (Wildman–Crippen MR) is 120 cm³/mol. The maximum atomic E-state index is 13.1. The third-order valence-electron chi connectivity index (χ3n) is 5.45. The normalized spacial score (nSPS) is 17.1. The van der Waals surface area contributed by atoms with Crippen LogP contribution in [0.2, 0.25) is 0 Å². The molecule has 34 heavy (non-hydrogen) atoms.